The normalized spacial score (nSPS) is 20.6. The molecule has 200 valence electrons. The van der Waals surface area contributed by atoms with Gasteiger partial charge < -0.3 is 25.0 Å². The van der Waals surface area contributed by atoms with E-state index >= 15 is 0 Å². The fourth-order valence-corrected chi connectivity index (χ4v) is 5.03. The van der Waals surface area contributed by atoms with E-state index < -0.39 is 41.5 Å². The molecule has 2 aromatic carbocycles. The van der Waals surface area contributed by atoms with Crippen molar-refractivity contribution in [2.24, 2.45) is 0 Å². The second-order valence-electron chi connectivity index (χ2n) is 9.24. The van der Waals surface area contributed by atoms with Gasteiger partial charge in [0.25, 0.3) is 5.91 Å². The fraction of sp³-hybridized carbons (Fsp3) is 0.370. The van der Waals surface area contributed by atoms with Crippen LogP contribution in [0, 0.1) is 5.82 Å². The number of piperazine rings is 1. The molecular formula is C27H28FN3O7. The molecule has 2 fully saturated rings. The summed E-state index contributed by atoms with van der Waals surface area (Å²) in [4.78, 5) is 65.4. The SMILES string of the molecule is COC(=O)c1cc(NC(=O)C[C@@H]2C(=O)N[C@H]3CCCC[C@H]3N2C(=O)c2ccc(F)cc2)cc(C(=O)OC)c1. The number of nitrogens with one attached hydrogen (secondary N) is 2. The Morgan fingerprint density at radius 2 is 1.55 bits per heavy atom. The van der Waals surface area contributed by atoms with E-state index in [4.69, 9.17) is 9.47 Å². The van der Waals surface area contributed by atoms with Crippen molar-refractivity contribution in [2.75, 3.05) is 19.5 Å². The van der Waals surface area contributed by atoms with Crippen LogP contribution in [-0.2, 0) is 19.1 Å². The number of nitrogens with zero attached hydrogens (tertiary/aromatic N) is 1. The van der Waals surface area contributed by atoms with Gasteiger partial charge in [-0.05, 0) is 55.3 Å². The minimum Gasteiger partial charge on any atom is -0.465 e. The number of hydrogen-bond acceptors (Lipinski definition) is 7. The van der Waals surface area contributed by atoms with Gasteiger partial charge in [-0.2, -0.15) is 0 Å². The summed E-state index contributed by atoms with van der Waals surface area (Å²) in [6, 6.07) is 7.31. The molecular weight excluding hydrogens is 497 g/mol. The third kappa shape index (κ3) is 5.66. The molecule has 0 bridgehead atoms. The first kappa shape index (κ1) is 26.8. The van der Waals surface area contributed by atoms with Crippen LogP contribution in [-0.4, -0.2) is 66.9 Å². The van der Waals surface area contributed by atoms with Crippen molar-refractivity contribution >= 4 is 35.3 Å². The maximum atomic E-state index is 13.6. The van der Waals surface area contributed by atoms with Crippen LogP contribution in [0.3, 0.4) is 0 Å². The van der Waals surface area contributed by atoms with E-state index in [0.717, 1.165) is 12.8 Å². The standard InChI is InChI=1S/C27H28FN3O7/c1-37-26(35)16-11-17(27(36)38-2)13-19(12-16)29-23(32)14-22-24(33)30-20-5-3-4-6-21(20)31(22)25(34)15-7-9-18(28)10-8-15/h7-13,20-22H,3-6,14H2,1-2H3,(H,29,32)(H,30,33)/t20-,21+,22+/m0/s1. The van der Waals surface area contributed by atoms with Gasteiger partial charge in [0.15, 0.2) is 0 Å². The van der Waals surface area contributed by atoms with E-state index in [9.17, 15) is 28.4 Å². The molecule has 0 spiro atoms. The van der Waals surface area contributed by atoms with E-state index in [1.807, 2.05) is 0 Å². The lowest BCUT2D eigenvalue weighted by Crippen LogP contribution is -2.68. The second kappa shape index (κ2) is 11.4. The van der Waals surface area contributed by atoms with E-state index in [1.54, 1.807) is 0 Å². The van der Waals surface area contributed by atoms with Crippen LogP contribution in [0.1, 0.15) is 63.2 Å². The Morgan fingerprint density at radius 1 is 0.947 bits per heavy atom. The van der Waals surface area contributed by atoms with Gasteiger partial charge >= 0.3 is 11.9 Å². The molecule has 0 aromatic heterocycles. The fourth-order valence-electron chi connectivity index (χ4n) is 5.03. The molecule has 4 rings (SSSR count). The molecule has 38 heavy (non-hydrogen) atoms. The number of carbonyl (C=O) groups is 5. The van der Waals surface area contributed by atoms with Crippen LogP contribution in [0.4, 0.5) is 10.1 Å². The van der Waals surface area contributed by atoms with Gasteiger partial charge in [-0.3, -0.25) is 14.4 Å². The number of halogens is 1. The first-order valence-corrected chi connectivity index (χ1v) is 12.2. The highest BCUT2D eigenvalue weighted by Crippen LogP contribution is 2.31. The van der Waals surface area contributed by atoms with Gasteiger partial charge in [0.05, 0.1) is 37.8 Å². The molecule has 2 aliphatic rings. The molecule has 1 saturated carbocycles. The lowest BCUT2D eigenvalue weighted by atomic mass is 9.84. The second-order valence-corrected chi connectivity index (χ2v) is 9.24. The summed E-state index contributed by atoms with van der Waals surface area (Å²) in [5.74, 6) is -3.48. The highest BCUT2D eigenvalue weighted by molar-refractivity contribution is 6.03. The largest absolute Gasteiger partial charge is 0.465 e. The van der Waals surface area contributed by atoms with Crippen LogP contribution in [0.5, 0.6) is 0 Å². The number of methoxy groups -OCH3 is 2. The number of rotatable bonds is 6. The lowest BCUT2D eigenvalue weighted by Gasteiger charge is -2.48. The molecule has 1 aliphatic heterocycles. The van der Waals surface area contributed by atoms with Crippen molar-refractivity contribution in [3.8, 4) is 0 Å². The van der Waals surface area contributed by atoms with Crippen molar-refractivity contribution in [2.45, 2.75) is 50.2 Å². The first-order chi connectivity index (χ1) is 18.2. The van der Waals surface area contributed by atoms with E-state index in [2.05, 4.69) is 10.6 Å². The predicted octanol–water partition coefficient (Wildman–Crippen LogP) is 2.68. The highest BCUT2D eigenvalue weighted by atomic mass is 19.1. The molecule has 1 saturated heterocycles. The smallest absolute Gasteiger partial charge is 0.337 e. The van der Waals surface area contributed by atoms with Crippen LogP contribution in [0.2, 0.25) is 0 Å². The Labute approximate surface area is 218 Å². The Hall–Kier alpha value is -4.28. The van der Waals surface area contributed by atoms with Crippen LogP contribution >= 0.6 is 0 Å². The molecule has 2 aromatic rings. The number of carbonyl (C=O) groups excluding carboxylic acids is 5. The topological polar surface area (TPSA) is 131 Å². The van der Waals surface area contributed by atoms with Gasteiger partial charge in [0.2, 0.25) is 11.8 Å². The minimum atomic E-state index is -1.12. The zero-order valence-corrected chi connectivity index (χ0v) is 21.0. The van der Waals surface area contributed by atoms with Gasteiger partial charge in [0.1, 0.15) is 11.9 Å². The molecule has 10 nitrogen and oxygen atoms in total. The summed E-state index contributed by atoms with van der Waals surface area (Å²) in [5.41, 5.74) is 0.351. The maximum absolute atomic E-state index is 13.6. The minimum absolute atomic E-state index is 0.0132. The van der Waals surface area contributed by atoms with Gasteiger partial charge in [0, 0.05) is 17.3 Å². The van der Waals surface area contributed by atoms with Crippen LogP contribution in [0.15, 0.2) is 42.5 Å². The summed E-state index contributed by atoms with van der Waals surface area (Å²) in [6.07, 6.45) is 2.75. The number of benzene rings is 2. The van der Waals surface area contributed by atoms with Crippen LogP contribution < -0.4 is 10.6 Å². The Bertz CT molecular complexity index is 1230. The summed E-state index contributed by atoms with van der Waals surface area (Å²) in [5, 5.41) is 5.56. The van der Waals surface area contributed by atoms with Gasteiger partial charge in [-0.25, -0.2) is 14.0 Å². The number of amides is 3. The average Bonchev–Trinajstić information content (AvgIpc) is 2.92. The summed E-state index contributed by atoms with van der Waals surface area (Å²) in [6.45, 7) is 0. The van der Waals surface area contributed by atoms with E-state index in [1.165, 1.54) is 61.6 Å². The molecule has 3 atom stereocenters. The first-order valence-electron chi connectivity index (χ1n) is 12.2. The molecule has 1 aliphatic carbocycles. The molecule has 1 heterocycles. The van der Waals surface area contributed by atoms with Crippen molar-refractivity contribution in [1.82, 2.24) is 10.2 Å². The summed E-state index contributed by atoms with van der Waals surface area (Å²) >= 11 is 0. The summed E-state index contributed by atoms with van der Waals surface area (Å²) < 4.78 is 22.9. The summed E-state index contributed by atoms with van der Waals surface area (Å²) in [7, 11) is 2.36. The zero-order valence-electron chi connectivity index (χ0n) is 21.0. The van der Waals surface area contributed by atoms with E-state index in [0.29, 0.717) is 12.8 Å². The molecule has 0 radical (unpaired) electrons. The predicted molar refractivity (Wildman–Crippen MR) is 133 cm³/mol. The third-order valence-corrected chi connectivity index (χ3v) is 6.82. The zero-order chi connectivity index (χ0) is 27.4. The monoisotopic (exact) mass is 525 g/mol. The maximum Gasteiger partial charge on any atom is 0.337 e. The highest BCUT2D eigenvalue weighted by Gasteiger charge is 2.46. The number of fused-ring (bicyclic) bond motifs is 1. The van der Waals surface area contributed by atoms with Gasteiger partial charge in [-0.15, -0.1) is 0 Å². The van der Waals surface area contributed by atoms with Crippen molar-refractivity contribution in [3.63, 3.8) is 0 Å². The van der Waals surface area contributed by atoms with Crippen LogP contribution in [0.25, 0.3) is 0 Å². The van der Waals surface area contributed by atoms with Crippen molar-refractivity contribution in [3.05, 3.63) is 65.0 Å². The number of ether oxygens (including phenoxy) is 2. The quantitative estimate of drug-likeness (QED) is 0.555. The molecule has 2 N–H and O–H groups in total. The Kier molecular flexibility index (Phi) is 8.04. The van der Waals surface area contributed by atoms with Crippen molar-refractivity contribution in [1.29, 1.82) is 0 Å². The third-order valence-electron chi connectivity index (χ3n) is 6.82. The molecule has 11 heteroatoms. The Morgan fingerprint density at radius 3 is 2.16 bits per heavy atom. The lowest BCUT2D eigenvalue weighted by molar-refractivity contribution is -0.135. The van der Waals surface area contributed by atoms with Gasteiger partial charge in [-0.1, -0.05) is 12.8 Å². The molecule has 3 amide bonds. The number of anilines is 1. The number of esters is 2. The molecule has 0 unspecified atom stereocenters. The van der Waals surface area contributed by atoms with Crippen molar-refractivity contribution < 1.29 is 37.8 Å². The number of hydrogen-bond donors (Lipinski definition) is 2. The van der Waals surface area contributed by atoms with E-state index in [-0.39, 0.29) is 40.9 Å². The average molecular weight is 526 g/mol. The Balaban J connectivity index is 1.61.